The monoisotopic (exact) mass is 280 g/mol. The zero-order valence-corrected chi connectivity index (χ0v) is 12.3. The number of hydrogen-bond donors (Lipinski definition) is 0. The summed E-state index contributed by atoms with van der Waals surface area (Å²) in [6, 6.07) is 15.8. The van der Waals surface area contributed by atoms with Crippen LogP contribution in [0.2, 0.25) is 0 Å². The molecule has 0 radical (unpaired) electrons. The lowest BCUT2D eigenvalue weighted by Crippen LogP contribution is -2.04. The quantitative estimate of drug-likeness (QED) is 0.560. The molecule has 0 saturated heterocycles. The molecule has 2 aromatic carbocycles. The number of rotatable bonds is 7. The SMILES string of the molecule is C=CCc1cc(C(C)=O)ccc1OCCc1ccccc1. The lowest BCUT2D eigenvalue weighted by atomic mass is 10.0. The standard InChI is InChI=1S/C19H20O2/c1-3-7-18-14-17(15(2)20)10-11-19(18)21-13-12-16-8-5-4-6-9-16/h3-6,8-11,14H,1,7,12-13H2,2H3. The van der Waals surface area contributed by atoms with Gasteiger partial charge in [-0.2, -0.15) is 0 Å². The Balaban J connectivity index is 2.04. The van der Waals surface area contributed by atoms with Crippen LogP contribution in [-0.4, -0.2) is 12.4 Å². The van der Waals surface area contributed by atoms with E-state index in [4.69, 9.17) is 4.74 Å². The van der Waals surface area contributed by atoms with Crippen LogP contribution < -0.4 is 4.74 Å². The highest BCUT2D eigenvalue weighted by Crippen LogP contribution is 2.22. The highest BCUT2D eigenvalue weighted by Gasteiger charge is 2.07. The number of ether oxygens (including phenoxy) is 1. The molecule has 2 nitrogen and oxygen atoms in total. The van der Waals surface area contributed by atoms with Gasteiger partial charge in [-0.1, -0.05) is 36.4 Å². The summed E-state index contributed by atoms with van der Waals surface area (Å²) >= 11 is 0. The van der Waals surface area contributed by atoms with Crippen molar-refractivity contribution in [3.63, 3.8) is 0 Å². The summed E-state index contributed by atoms with van der Waals surface area (Å²) in [6.45, 7) is 5.95. The smallest absolute Gasteiger partial charge is 0.159 e. The third-order valence-corrected chi connectivity index (χ3v) is 3.32. The predicted molar refractivity (Wildman–Crippen MR) is 86.0 cm³/mol. The van der Waals surface area contributed by atoms with Gasteiger partial charge >= 0.3 is 0 Å². The highest BCUT2D eigenvalue weighted by molar-refractivity contribution is 5.94. The first-order valence-corrected chi connectivity index (χ1v) is 7.12. The normalized spacial score (nSPS) is 10.1. The first-order chi connectivity index (χ1) is 10.2. The van der Waals surface area contributed by atoms with Gasteiger partial charge in [-0.3, -0.25) is 4.79 Å². The van der Waals surface area contributed by atoms with Crippen molar-refractivity contribution in [1.29, 1.82) is 0 Å². The van der Waals surface area contributed by atoms with Gasteiger partial charge in [-0.05, 0) is 42.7 Å². The van der Waals surface area contributed by atoms with Gasteiger partial charge in [-0.15, -0.1) is 6.58 Å². The van der Waals surface area contributed by atoms with E-state index in [-0.39, 0.29) is 5.78 Å². The Kier molecular flexibility index (Phi) is 5.33. The molecule has 0 spiro atoms. The molecular weight excluding hydrogens is 260 g/mol. The van der Waals surface area contributed by atoms with E-state index >= 15 is 0 Å². The number of benzene rings is 2. The van der Waals surface area contributed by atoms with E-state index in [1.54, 1.807) is 6.92 Å². The Hall–Kier alpha value is -2.35. The minimum Gasteiger partial charge on any atom is -0.493 e. The zero-order valence-electron chi connectivity index (χ0n) is 12.3. The second-order valence-electron chi connectivity index (χ2n) is 4.96. The van der Waals surface area contributed by atoms with Crippen molar-refractivity contribution < 1.29 is 9.53 Å². The molecule has 108 valence electrons. The maximum absolute atomic E-state index is 11.4. The molecule has 0 amide bonds. The number of Topliss-reactive ketones (excluding diaryl/α,β-unsaturated/α-hetero) is 1. The van der Waals surface area contributed by atoms with Crippen molar-refractivity contribution >= 4 is 5.78 Å². The van der Waals surface area contributed by atoms with Crippen LogP contribution in [0.4, 0.5) is 0 Å². The molecule has 0 saturated carbocycles. The van der Waals surface area contributed by atoms with Crippen molar-refractivity contribution in [1.82, 2.24) is 0 Å². The molecule has 0 heterocycles. The molecule has 2 aromatic rings. The fourth-order valence-corrected chi connectivity index (χ4v) is 2.18. The second-order valence-corrected chi connectivity index (χ2v) is 4.96. The molecule has 0 aliphatic rings. The Labute approximate surface area is 126 Å². The molecule has 2 rings (SSSR count). The zero-order chi connectivity index (χ0) is 15.1. The van der Waals surface area contributed by atoms with Crippen LogP contribution in [-0.2, 0) is 12.8 Å². The van der Waals surface area contributed by atoms with Gasteiger partial charge in [0, 0.05) is 12.0 Å². The number of hydrogen-bond acceptors (Lipinski definition) is 2. The van der Waals surface area contributed by atoms with Gasteiger partial charge in [0.25, 0.3) is 0 Å². The van der Waals surface area contributed by atoms with Crippen LogP contribution in [0.25, 0.3) is 0 Å². The lowest BCUT2D eigenvalue weighted by Gasteiger charge is -2.11. The van der Waals surface area contributed by atoms with Crippen LogP contribution >= 0.6 is 0 Å². The molecule has 0 aliphatic heterocycles. The van der Waals surface area contributed by atoms with E-state index in [1.807, 2.05) is 42.5 Å². The van der Waals surface area contributed by atoms with Crippen molar-refractivity contribution in [2.75, 3.05) is 6.61 Å². The number of carbonyl (C=O) groups is 1. The van der Waals surface area contributed by atoms with Crippen molar-refractivity contribution in [3.8, 4) is 5.75 Å². The van der Waals surface area contributed by atoms with Gasteiger partial charge in [0.15, 0.2) is 5.78 Å². The molecule has 0 aliphatic carbocycles. The lowest BCUT2D eigenvalue weighted by molar-refractivity contribution is 0.101. The summed E-state index contributed by atoms with van der Waals surface area (Å²) in [4.78, 5) is 11.4. The average Bonchev–Trinajstić information content (AvgIpc) is 2.50. The van der Waals surface area contributed by atoms with E-state index in [9.17, 15) is 4.79 Å². The maximum Gasteiger partial charge on any atom is 0.159 e. The average molecular weight is 280 g/mol. The van der Waals surface area contributed by atoms with Crippen LogP contribution in [0.15, 0.2) is 61.2 Å². The molecular formula is C19H20O2. The van der Waals surface area contributed by atoms with Gasteiger partial charge in [0.2, 0.25) is 0 Å². The molecule has 0 bridgehead atoms. The first kappa shape index (κ1) is 15.0. The van der Waals surface area contributed by atoms with Crippen molar-refractivity contribution in [2.45, 2.75) is 19.8 Å². The minimum absolute atomic E-state index is 0.0659. The van der Waals surface area contributed by atoms with E-state index in [1.165, 1.54) is 5.56 Å². The molecule has 2 heteroatoms. The van der Waals surface area contributed by atoms with Gasteiger partial charge < -0.3 is 4.74 Å². The fourth-order valence-electron chi connectivity index (χ4n) is 2.18. The summed E-state index contributed by atoms with van der Waals surface area (Å²) in [6.07, 6.45) is 3.38. The van der Waals surface area contributed by atoms with E-state index in [2.05, 4.69) is 18.7 Å². The topological polar surface area (TPSA) is 26.3 Å². The molecule has 0 unspecified atom stereocenters. The Bertz CT molecular complexity index is 615. The highest BCUT2D eigenvalue weighted by atomic mass is 16.5. The number of allylic oxidation sites excluding steroid dienone is 1. The van der Waals surface area contributed by atoms with Crippen molar-refractivity contribution in [2.24, 2.45) is 0 Å². The van der Waals surface area contributed by atoms with Gasteiger partial charge in [-0.25, -0.2) is 0 Å². The summed E-state index contributed by atoms with van der Waals surface area (Å²) in [5, 5.41) is 0. The molecule has 0 atom stereocenters. The summed E-state index contributed by atoms with van der Waals surface area (Å²) in [5.74, 6) is 0.895. The second kappa shape index (κ2) is 7.44. The summed E-state index contributed by atoms with van der Waals surface area (Å²) < 4.78 is 5.87. The number of carbonyl (C=O) groups excluding carboxylic acids is 1. The predicted octanol–water partition coefficient (Wildman–Crippen LogP) is 4.24. The van der Waals surface area contributed by atoms with Gasteiger partial charge in [0.1, 0.15) is 5.75 Å². The largest absolute Gasteiger partial charge is 0.493 e. The third kappa shape index (κ3) is 4.32. The van der Waals surface area contributed by atoms with Crippen LogP contribution in [0.1, 0.15) is 28.4 Å². The maximum atomic E-state index is 11.4. The van der Waals surface area contributed by atoms with Gasteiger partial charge in [0.05, 0.1) is 6.61 Å². The minimum atomic E-state index is 0.0659. The van der Waals surface area contributed by atoms with Crippen LogP contribution in [0, 0.1) is 0 Å². The number of ketones is 1. The Morgan fingerprint density at radius 2 is 1.95 bits per heavy atom. The molecule has 0 N–H and O–H groups in total. The summed E-state index contributed by atoms with van der Waals surface area (Å²) in [5.41, 5.74) is 2.97. The Morgan fingerprint density at radius 1 is 1.19 bits per heavy atom. The molecule has 21 heavy (non-hydrogen) atoms. The van der Waals surface area contributed by atoms with Crippen LogP contribution in [0.3, 0.4) is 0 Å². The van der Waals surface area contributed by atoms with Crippen molar-refractivity contribution in [3.05, 3.63) is 77.9 Å². The third-order valence-electron chi connectivity index (χ3n) is 3.32. The molecule has 0 fully saturated rings. The van der Waals surface area contributed by atoms with E-state index in [0.717, 1.165) is 17.7 Å². The van der Waals surface area contributed by atoms with Crippen LogP contribution in [0.5, 0.6) is 5.75 Å². The Morgan fingerprint density at radius 3 is 2.62 bits per heavy atom. The van der Waals surface area contributed by atoms with E-state index in [0.29, 0.717) is 18.6 Å². The first-order valence-electron chi connectivity index (χ1n) is 7.12. The molecule has 0 aromatic heterocycles. The summed E-state index contributed by atoms with van der Waals surface area (Å²) in [7, 11) is 0. The van der Waals surface area contributed by atoms with E-state index < -0.39 is 0 Å². The fraction of sp³-hybridized carbons (Fsp3) is 0.211.